The maximum Gasteiger partial charge on any atom is 0.407 e. The Labute approximate surface area is 200 Å². The van der Waals surface area contributed by atoms with Gasteiger partial charge in [0.2, 0.25) is 11.8 Å². The maximum atomic E-state index is 13.6. The van der Waals surface area contributed by atoms with Gasteiger partial charge < -0.3 is 19.8 Å². The van der Waals surface area contributed by atoms with E-state index in [0.29, 0.717) is 6.42 Å². The van der Waals surface area contributed by atoms with E-state index < -0.39 is 41.4 Å². The summed E-state index contributed by atoms with van der Waals surface area (Å²) in [5, 5.41) is 9.50. The van der Waals surface area contributed by atoms with Crippen LogP contribution in [0.5, 0.6) is 0 Å². The maximum absolute atomic E-state index is 13.6. The van der Waals surface area contributed by atoms with Crippen molar-refractivity contribution in [2.45, 2.75) is 50.2 Å². The predicted molar refractivity (Wildman–Crippen MR) is 117 cm³/mol. The van der Waals surface area contributed by atoms with Gasteiger partial charge >= 0.3 is 12.3 Å². The van der Waals surface area contributed by atoms with Gasteiger partial charge in [0.1, 0.15) is 11.2 Å². The van der Waals surface area contributed by atoms with Crippen LogP contribution in [0.1, 0.15) is 43.6 Å². The molecule has 0 bridgehead atoms. The average Bonchev–Trinajstić information content (AvgIpc) is 3.22. The van der Waals surface area contributed by atoms with Crippen LogP contribution in [0.15, 0.2) is 24.3 Å². The Morgan fingerprint density at radius 3 is 2.11 bits per heavy atom. The van der Waals surface area contributed by atoms with Crippen molar-refractivity contribution < 1.29 is 37.1 Å². The van der Waals surface area contributed by atoms with E-state index in [0.717, 1.165) is 10.5 Å². The predicted octanol–water partition coefficient (Wildman–Crippen LogP) is 3.70. The molecule has 4 rings (SSSR count). The number of hydrogen-bond acceptors (Lipinski definition) is 3. The third-order valence-electron chi connectivity index (χ3n) is 7.99. The number of carboxylic acid groups (broad SMARTS) is 1. The molecule has 7 nitrogen and oxygen atoms in total. The summed E-state index contributed by atoms with van der Waals surface area (Å²) in [5.41, 5.74) is -1.56. The highest BCUT2D eigenvalue weighted by Gasteiger charge is 2.64. The molecule has 0 spiro atoms. The summed E-state index contributed by atoms with van der Waals surface area (Å²) in [5.74, 6) is -2.29. The average molecular weight is 500 g/mol. The number of nitrogens with zero attached hydrogens (tertiary/aromatic N) is 3. The Morgan fingerprint density at radius 1 is 1.03 bits per heavy atom. The lowest BCUT2D eigenvalue weighted by Gasteiger charge is -2.45. The van der Waals surface area contributed by atoms with Crippen LogP contribution in [0.4, 0.5) is 22.4 Å². The second-order valence-corrected chi connectivity index (χ2v) is 9.86. The standard InChI is InChI=1S/C24H29F4N3O4/c1-29(22(34)35)19-14-31(13-18(19)15-3-5-17(25)6-4-15)20(32)16-7-11-30(12-8-16)21(33)23(9-2-10-23)24(26,27)28/h3-6,16,18-19H,2,7-14H2,1H3,(H,34,35)/t18-,19+/m0/s1. The quantitative estimate of drug-likeness (QED) is 0.641. The lowest BCUT2D eigenvalue weighted by Crippen LogP contribution is -2.57. The fourth-order valence-electron chi connectivity index (χ4n) is 5.58. The minimum absolute atomic E-state index is 0.0841. The van der Waals surface area contributed by atoms with Crippen molar-refractivity contribution in [3.63, 3.8) is 0 Å². The van der Waals surface area contributed by atoms with Crippen LogP contribution < -0.4 is 0 Å². The van der Waals surface area contributed by atoms with Crippen molar-refractivity contribution in [2.75, 3.05) is 33.2 Å². The van der Waals surface area contributed by atoms with Crippen LogP contribution in [0.3, 0.4) is 0 Å². The first-order chi connectivity index (χ1) is 16.4. The molecule has 35 heavy (non-hydrogen) atoms. The van der Waals surface area contributed by atoms with E-state index >= 15 is 0 Å². The highest BCUT2D eigenvalue weighted by atomic mass is 19.4. The van der Waals surface area contributed by atoms with Crippen LogP contribution >= 0.6 is 0 Å². The third kappa shape index (κ3) is 4.56. The summed E-state index contributed by atoms with van der Waals surface area (Å²) < 4.78 is 54.1. The zero-order valence-electron chi connectivity index (χ0n) is 19.4. The number of amides is 3. The normalized spacial score (nSPS) is 24.7. The zero-order chi connectivity index (χ0) is 25.5. The number of carbonyl (C=O) groups excluding carboxylic acids is 2. The molecule has 3 aliphatic rings. The third-order valence-corrected chi connectivity index (χ3v) is 7.99. The SMILES string of the molecule is CN(C(=O)O)[C@@H]1CN(C(=O)C2CCN(C(=O)C3(C(F)(F)F)CCC3)CC2)C[C@H]1c1ccc(F)cc1. The number of benzene rings is 1. The van der Waals surface area contributed by atoms with Crippen molar-refractivity contribution in [2.24, 2.45) is 11.3 Å². The highest BCUT2D eigenvalue weighted by molar-refractivity contribution is 5.85. The molecule has 192 valence electrons. The molecular weight excluding hydrogens is 470 g/mol. The van der Waals surface area contributed by atoms with Crippen LogP contribution in [-0.2, 0) is 9.59 Å². The Hall–Kier alpha value is -2.85. The van der Waals surface area contributed by atoms with E-state index in [-0.39, 0.29) is 63.7 Å². The summed E-state index contributed by atoms with van der Waals surface area (Å²) >= 11 is 0. The van der Waals surface area contributed by atoms with Gasteiger partial charge in [-0.15, -0.1) is 0 Å². The van der Waals surface area contributed by atoms with Crippen LogP contribution in [0, 0.1) is 17.2 Å². The number of halogens is 4. The topological polar surface area (TPSA) is 81.2 Å². The molecule has 2 aliphatic heterocycles. The van der Waals surface area contributed by atoms with Gasteiger partial charge in [-0.2, -0.15) is 13.2 Å². The van der Waals surface area contributed by atoms with E-state index in [1.807, 2.05) is 0 Å². The highest BCUT2D eigenvalue weighted by Crippen LogP contribution is 2.54. The van der Waals surface area contributed by atoms with E-state index in [4.69, 9.17) is 0 Å². The van der Waals surface area contributed by atoms with Gasteiger partial charge in [-0.1, -0.05) is 18.6 Å². The van der Waals surface area contributed by atoms with E-state index in [9.17, 15) is 37.1 Å². The Bertz CT molecular complexity index is 972. The second kappa shape index (κ2) is 9.31. The Balaban J connectivity index is 1.42. The van der Waals surface area contributed by atoms with Crippen LogP contribution in [-0.4, -0.2) is 83.2 Å². The molecule has 2 heterocycles. The number of hydrogen-bond donors (Lipinski definition) is 1. The molecule has 1 aromatic carbocycles. The van der Waals surface area contributed by atoms with Crippen LogP contribution in [0.25, 0.3) is 0 Å². The monoisotopic (exact) mass is 499 g/mol. The van der Waals surface area contributed by atoms with Crippen molar-refractivity contribution in [1.82, 2.24) is 14.7 Å². The van der Waals surface area contributed by atoms with Gasteiger partial charge in [0, 0.05) is 45.1 Å². The molecule has 2 atom stereocenters. The smallest absolute Gasteiger partial charge is 0.407 e. The number of likely N-dealkylation sites (tertiary alicyclic amines) is 2. The summed E-state index contributed by atoms with van der Waals surface area (Å²) in [6, 6.07) is 5.23. The summed E-state index contributed by atoms with van der Waals surface area (Å²) in [7, 11) is 1.43. The number of carbonyl (C=O) groups is 3. The molecule has 1 N–H and O–H groups in total. The molecule has 3 fully saturated rings. The van der Waals surface area contributed by atoms with E-state index in [2.05, 4.69) is 0 Å². The first-order valence-corrected chi connectivity index (χ1v) is 11.8. The second-order valence-electron chi connectivity index (χ2n) is 9.86. The molecule has 1 aliphatic carbocycles. The van der Waals surface area contributed by atoms with Crippen molar-refractivity contribution >= 4 is 17.9 Å². The molecule has 0 aromatic heterocycles. The first kappa shape index (κ1) is 25.2. The first-order valence-electron chi connectivity index (χ1n) is 11.8. The summed E-state index contributed by atoms with van der Waals surface area (Å²) in [6.45, 7) is 0.588. The van der Waals surface area contributed by atoms with Crippen LogP contribution in [0.2, 0.25) is 0 Å². The minimum Gasteiger partial charge on any atom is -0.465 e. The van der Waals surface area contributed by atoms with Gasteiger partial charge in [0.05, 0.1) is 6.04 Å². The largest absolute Gasteiger partial charge is 0.465 e. The molecule has 0 radical (unpaired) electrons. The number of piperidine rings is 1. The number of rotatable bonds is 4. The minimum atomic E-state index is -4.58. The van der Waals surface area contributed by atoms with Gasteiger partial charge in [0.15, 0.2) is 0 Å². The Kier molecular flexibility index (Phi) is 6.72. The lowest BCUT2D eigenvalue weighted by atomic mass is 9.67. The van der Waals surface area contributed by atoms with E-state index in [1.165, 1.54) is 24.1 Å². The molecule has 2 saturated heterocycles. The summed E-state index contributed by atoms with van der Waals surface area (Å²) in [6.07, 6.45) is -5.21. The zero-order valence-corrected chi connectivity index (χ0v) is 19.4. The van der Waals surface area contributed by atoms with Crippen molar-refractivity contribution in [3.05, 3.63) is 35.6 Å². The molecular formula is C24H29F4N3O4. The molecule has 3 amide bonds. The van der Waals surface area contributed by atoms with Crippen molar-refractivity contribution in [1.29, 1.82) is 0 Å². The van der Waals surface area contributed by atoms with Gasteiger partial charge in [-0.3, -0.25) is 9.59 Å². The van der Waals surface area contributed by atoms with Crippen molar-refractivity contribution in [3.8, 4) is 0 Å². The summed E-state index contributed by atoms with van der Waals surface area (Å²) in [4.78, 5) is 41.6. The van der Waals surface area contributed by atoms with E-state index in [1.54, 1.807) is 17.0 Å². The number of likely N-dealkylation sites (N-methyl/N-ethyl adjacent to an activating group) is 1. The molecule has 11 heteroatoms. The van der Waals surface area contributed by atoms with Gasteiger partial charge in [-0.25, -0.2) is 9.18 Å². The number of alkyl halides is 3. The van der Waals surface area contributed by atoms with Gasteiger partial charge in [0.25, 0.3) is 0 Å². The molecule has 1 saturated carbocycles. The van der Waals surface area contributed by atoms with Gasteiger partial charge in [-0.05, 0) is 43.4 Å². The molecule has 1 aromatic rings. The molecule has 0 unspecified atom stereocenters. The lowest BCUT2D eigenvalue weighted by molar-refractivity contribution is -0.249. The fourth-order valence-corrected chi connectivity index (χ4v) is 5.58. The Morgan fingerprint density at radius 2 is 1.63 bits per heavy atom. The fraction of sp³-hybridized carbons (Fsp3) is 0.625.